The fourth-order valence-corrected chi connectivity index (χ4v) is 16.0. The van der Waals surface area contributed by atoms with Gasteiger partial charge in [0, 0.05) is 25.8 Å². The average Bonchev–Trinajstić information content (AvgIpc) is 0.781. The summed E-state index contributed by atoms with van der Waals surface area (Å²) in [7, 11) is -5.48. The van der Waals surface area contributed by atoms with E-state index in [9.17, 15) is 48.2 Å². The lowest BCUT2D eigenvalue weighted by molar-refractivity contribution is -0.270. The number of ether oxygens (including phenoxy) is 6. The molecule has 1 heterocycles. The number of amides is 2. The number of phosphoric ester groups is 1. The molecule has 1 saturated heterocycles. The molecule has 0 aromatic carbocycles. The van der Waals surface area contributed by atoms with Crippen LogP contribution in [0.25, 0.3) is 0 Å². The SMILES string of the molecule is CCCCCCCCCCCCCC(=O)OC(CCCCCCCCCCC)CC(=O)NCCO[C@@H]1O[C@H](CO)[C@@H](OP(=O)(O)O)[C@H](OC(=O)CC(CCCCCCCCCCC)OC(=O)CCCCCCCCCCCCC)[C@H]1NC(=O)CC(CCCCCCCCCCC)OC(=O)CCCCCCCCCCCCC. The second-order valence-electron chi connectivity index (χ2n) is 33.2. The number of carbonyl (C=O) groups is 6. The Kier molecular flexibility index (Phi) is 74.1. The first kappa shape index (κ1) is 107. The first-order valence-electron chi connectivity index (χ1n) is 47.5. The number of carbonyl (C=O) groups excluding carboxylic acids is 6. The van der Waals surface area contributed by atoms with Gasteiger partial charge in [0.25, 0.3) is 0 Å². The van der Waals surface area contributed by atoms with Gasteiger partial charge >= 0.3 is 31.7 Å². The highest BCUT2D eigenvalue weighted by molar-refractivity contribution is 7.46. The summed E-state index contributed by atoms with van der Waals surface area (Å²) in [5.41, 5.74) is 0. The van der Waals surface area contributed by atoms with Crippen LogP contribution >= 0.6 is 7.82 Å². The van der Waals surface area contributed by atoms with Gasteiger partial charge in [-0.3, -0.25) is 33.3 Å². The van der Waals surface area contributed by atoms with Crippen molar-refractivity contribution in [2.75, 3.05) is 19.8 Å². The maximum absolute atomic E-state index is 14.9. The predicted molar refractivity (Wildman–Crippen MR) is 456 cm³/mol. The minimum absolute atomic E-state index is 0.0789. The first-order valence-corrected chi connectivity index (χ1v) is 49.0. The van der Waals surface area contributed by atoms with E-state index in [1.807, 2.05) is 0 Å². The molecule has 0 aromatic rings. The molecule has 660 valence electrons. The summed E-state index contributed by atoms with van der Waals surface area (Å²) < 4.78 is 55.7. The van der Waals surface area contributed by atoms with Crippen LogP contribution in [-0.2, 0) is 66.3 Å². The molecule has 0 bridgehead atoms. The summed E-state index contributed by atoms with van der Waals surface area (Å²) in [5.74, 6) is -3.15. The van der Waals surface area contributed by atoms with Crippen molar-refractivity contribution in [3.05, 3.63) is 0 Å². The van der Waals surface area contributed by atoms with E-state index in [0.29, 0.717) is 44.9 Å². The van der Waals surface area contributed by atoms with E-state index in [1.165, 1.54) is 212 Å². The van der Waals surface area contributed by atoms with E-state index < -0.39 is 93.6 Å². The number of hydrogen-bond acceptors (Lipinski definition) is 15. The summed E-state index contributed by atoms with van der Waals surface area (Å²) in [6, 6.07) is -1.58. The molecule has 0 aliphatic carbocycles. The van der Waals surface area contributed by atoms with Gasteiger partial charge in [0.15, 0.2) is 12.4 Å². The van der Waals surface area contributed by atoms with Crippen LogP contribution in [0.4, 0.5) is 0 Å². The van der Waals surface area contributed by atoms with Gasteiger partial charge in [0.2, 0.25) is 11.8 Å². The summed E-state index contributed by atoms with van der Waals surface area (Å²) in [4.78, 5) is 106. The second kappa shape index (κ2) is 77.7. The van der Waals surface area contributed by atoms with E-state index in [1.54, 1.807) is 0 Å². The molecule has 5 N–H and O–H groups in total. The summed E-state index contributed by atoms with van der Waals surface area (Å²) in [6.45, 7) is 12.0. The number of unbranched alkanes of at least 4 members (excludes halogenated alkanes) is 54. The molecule has 19 nitrogen and oxygen atoms in total. The largest absolute Gasteiger partial charge is 0.470 e. The Bertz CT molecular complexity index is 2240. The third kappa shape index (κ3) is 65.8. The van der Waals surface area contributed by atoms with Crippen LogP contribution in [0.15, 0.2) is 0 Å². The second-order valence-corrected chi connectivity index (χ2v) is 34.4. The molecule has 1 fully saturated rings. The van der Waals surface area contributed by atoms with Crippen molar-refractivity contribution in [3.8, 4) is 0 Å². The van der Waals surface area contributed by atoms with Crippen LogP contribution in [0.5, 0.6) is 0 Å². The van der Waals surface area contributed by atoms with E-state index in [4.69, 9.17) is 32.9 Å². The Morgan fingerprint density at radius 2 is 0.616 bits per heavy atom. The van der Waals surface area contributed by atoms with Crippen molar-refractivity contribution in [3.63, 3.8) is 0 Å². The smallest absolute Gasteiger partial charge is 0.462 e. The van der Waals surface area contributed by atoms with Gasteiger partial charge in [0.05, 0.1) is 32.5 Å². The molecule has 8 atom stereocenters. The molecule has 0 aromatic heterocycles. The van der Waals surface area contributed by atoms with Crippen LogP contribution in [0, 0.1) is 0 Å². The quantitative estimate of drug-likeness (QED) is 0.0164. The first-order chi connectivity index (χ1) is 54.5. The molecular weight excluding hydrogens is 1440 g/mol. The zero-order chi connectivity index (χ0) is 81.9. The average molecular weight is 1610 g/mol. The molecule has 1 aliphatic rings. The number of aliphatic hydroxyl groups is 1. The minimum Gasteiger partial charge on any atom is -0.462 e. The lowest BCUT2D eigenvalue weighted by atomic mass is 9.96. The molecule has 2 amide bonds. The van der Waals surface area contributed by atoms with Crippen LogP contribution in [-0.4, -0.2) is 119 Å². The van der Waals surface area contributed by atoms with Crippen LogP contribution < -0.4 is 10.6 Å². The molecule has 0 radical (unpaired) electrons. The monoisotopic (exact) mass is 1610 g/mol. The van der Waals surface area contributed by atoms with Gasteiger partial charge in [-0.1, -0.05) is 388 Å². The zero-order valence-electron chi connectivity index (χ0n) is 73.0. The lowest BCUT2D eigenvalue weighted by Gasteiger charge is -2.45. The van der Waals surface area contributed by atoms with Crippen LogP contribution in [0.2, 0.25) is 0 Å². The predicted octanol–water partition coefficient (Wildman–Crippen LogP) is 24.5. The van der Waals surface area contributed by atoms with Gasteiger partial charge in [-0.05, 0) is 57.8 Å². The summed E-state index contributed by atoms with van der Waals surface area (Å²) in [5, 5.41) is 16.8. The van der Waals surface area contributed by atoms with Gasteiger partial charge in [-0.25, -0.2) is 4.57 Å². The molecule has 20 heteroatoms. The van der Waals surface area contributed by atoms with E-state index in [-0.39, 0.29) is 57.1 Å². The number of nitrogens with one attached hydrogen (secondary N) is 2. The summed E-state index contributed by atoms with van der Waals surface area (Å²) >= 11 is 0. The minimum atomic E-state index is -5.48. The highest BCUT2D eigenvalue weighted by Gasteiger charge is 2.52. The summed E-state index contributed by atoms with van der Waals surface area (Å²) in [6.07, 6.45) is 58.1. The van der Waals surface area contributed by atoms with Gasteiger partial charge in [-0.15, -0.1) is 0 Å². The maximum Gasteiger partial charge on any atom is 0.470 e. The van der Waals surface area contributed by atoms with Crippen molar-refractivity contribution >= 4 is 43.5 Å². The number of aliphatic hydroxyl groups excluding tert-OH is 1. The molecular formula is C92H175N2O17P. The van der Waals surface area contributed by atoms with Crippen molar-refractivity contribution in [2.45, 2.75) is 534 Å². The number of hydrogen-bond donors (Lipinski definition) is 5. The lowest BCUT2D eigenvalue weighted by Crippen LogP contribution is -2.66. The molecule has 0 saturated carbocycles. The van der Waals surface area contributed by atoms with Crippen molar-refractivity contribution < 1.29 is 81.2 Å². The fraction of sp³-hybridized carbons (Fsp3) is 0.935. The maximum atomic E-state index is 14.9. The van der Waals surface area contributed by atoms with Gasteiger partial charge in [-0.2, -0.15) is 0 Å². The fourth-order valence-electron chi connectivity index (χ4n) is 15.4. The Hall–Kier alpha value is -3.19. The van der Waals surface area contributed by atoms with Crippen LogP contribution in [0.3, 0.4) is 0 Å². The van der Waals surface area contributed by atoms with Gasteiger partial charge < -0.3 is 53.9 Å². The topological polar surface area (TPSA) is 269 Å². The van der Waals surface area contributed by atoms with Crippen molar-refractivity contribution in [2.24, 2.45) is 0 Å². The standard InChI is InChI=1S/C92H175N2O17P/c1-7-13-19-25-31-37-40-46-52-58-64-70-85(98)106-79(67-61-55-49-43-34-28-22-16-10-4)75-83(96)93-73-74-105-92-89(94-84(97)76-80(68-62-56-50-44-35-29-23-17-11-5)107-86(99)71-65-59-53-47-41-38-32-26-20-14-8-2)91(90(82(78-95)109-92)111-112(102,103)104)110-88(101)77-81(69-63-57-51-45-36-30-24-18-12-6)108-87(100)72-66-60-54-48-42-39-33-27-21-15-9-3/h79-82,89-92,95H,7-78H2,1-6H3,(H,93,96)(H,94,97)(H2,102,103,104)/t79?,80?,81?,82-,89-,90-,91-,92-/m1/s1. The third-order valence-corrected chi connectivity index (χ3v) is 22.9. The van der Waals surface area contributed by atoms with Crippen molar-refractivity contribution in [1.29, 1.82) is 0 Å². The Morgan fingerprint density at radius 1 is 0.348 bits per heavy atom. The molecule has 3 unspecified atom stereocenters. The number of esters is 4. The third-order valence-electron chi connectivity index (χ3n) is 22.3. The highest BCUT2D eigenvalue weighted by Crippen LogP contribution is 2.42. The van der Waals surface area contributed by atoms with Crippen LogP contribution in [0.1, 0.15) is 485 Å². The van der Waals surface area contributed by atoms with E-state index in [0.717, 1.165) is 148 Å². The molecule has 1 aliphatic heterocycles. The number of rotatable bonds is 84. The Balaban J connectivity index is 3.68. The van der Waals surface area contributed by atoms with E-state index in [2.05, 4.69) is 52.2 Å². The number of phosphoric acid groups is 1. The highest BCUT2D eigenvalue weighted by atomic mass is 31.2. The zero-order valence-corrected chi connectivity index (χ0v) is 73.9. The Morgan fingerprint density at radius 3 is 0.902 bits per heavy atom. The normalized spacial score (nSPS) is 16.6. The molecule has 1 rings (SSSR count). The molecule has 0 spiro atoms. The Labute approximate surface area is 685 Å². The van der Waals surface area contributed by atoms with E-state index >= 15 is 0 Å². The van der Waals surface area contributed by atoms with Gasteiger partial charge in [0.1, 0.15) is 36.6 Å². The molecule has 112 heavy (non-hydrogen) atoms. The van der Waals surface area contributed by atoms with Crippen molar-refractivity contribution in [1.82, 2.24) is 10.6 Å².